The van der Waals surface area contributed by atoms with Gasteiger partial charge in [0.2, 0.25) is 0 Å². The van der Waals surface area contributed by atoms with Crippen LogP contribution in [0.15, 0.2) is 36.4 Å². The first-order valence-corrected chi connectivity index (χ1v) is 5.60. The minimum atomic E-state index is -0.650. The first-order valence-electron chi connectivity index (χ1n) is 5.60. The Hall–Kier alpha value is -2.43. The molecule has 0 aliphatic heterocycles. The number of hydrogen-bond donors (Lipinski definition) is 2. The molecule has 0 heterocycles. The van der Waals surface area contributed by atoms with E-state index >= 15 is 0 Å². The van der Waals surface area contributed by atoms with Gasteiger partial charge in [-0.05, 0) is 42.8 Å². The van der Waals surface area contributed by atoms with Crippen molar-refractivity contribution >= 4 is 17.3 Å². The molecule has 0 aromatic heterocycles. The number of benzene rings is 2. The molecule has 19 heavy (non-hydrogen) atoms. The molecular formula is C14H12F2N2O. The number of rotatable bonds is 2. The summed E-state index contributed by atoms with van der Waals surface area (Å²) in [6, 6.07) is 7.97. The number of nitrogen functional groups attached to an aromatic ring is 1. The Balaban J connectivity index is 2.28. The number of anilines is 2. The molecule has 3 nitrogen and oxygen atoms in total. The van der Waals surface area contributed by atoms with E-state index in [1.54, 1.807) is 6.92 Å². The van der Waals surface area contributed by atoms with E-state index in [9.17, 15) is 13.6 Å². The Morgan fingerprint density at radius 3 is 2.63 bits per heavy atom. The molecule has 0 saturated carbocycles. The minimum Gasteiger partial charge on any atom is -0.396 e. The summed E-state index contributed by atoms with van der Waals surface area (Å²) in [5.74, 6) is -1.57. The van der Waals surface area contributed by atoms with E-state index in [1.807, 2.05) is 0 Å². The van der Waals surface area contributed by atoms with Gasteiger partial charge in [0.1, 0.15) is 11.6 Å². The van der Waals surface area contributed by atoms with Crippen LogP contribution in [0.5, 0.6) is 0 Å². The van der Waals surface area contributed by atoms with Gasteiger partial charge in [-0.25, -0.2) is 8.78 Å². The maximum atomic E-state index is 13.3. The Morgan fingerprint density at radius 2 is 1.95 bits per heavy atom. The predicted octanol–water partition coefficient (Wildman–Crippen LogP) is 3.11. The zero-order valence-electron chi connectivity index (χ0n) is 10.2. The molecule has 2 aromatic rings. The standard InChI is InChI=1S/C14H12F2N2O/c1-8-7-9(15)5-6-12(8)18-14(19)10-3-2-4-11(16)13(10)17/h2-7H,17H2,1H3,(H,18,19). The molecule has 2 aromatic carbocycles. The quantitative estimate of drug-likeness (QED) is 0.817. The number of para-hydroxylation sites is 1. The van der Waals surface area contributed by atoms with Crippen molar-refractivity contribution < 1.29 is 13.6 Å². The van der Waals surface area contributed by atoms with Crippen molar-refractivity contribution in [1.29, 1.82) is 0 Å². The summed E-state index contributed by atoms with van der Waals surface area (Å²) < 4.78 is 26.2. The van der Waals surface area contributed by atoms with Crippen molar-refractivity contribution in [2.24, 2.45) is 0 Å². The van der Waals surface area contributed by atoms with Crippen LogP contribution in [0.2, 0.25) is 0 Å². The fourth-order valence-electron chi connectivity index (χ4n) is 1.69. The van der Waals surface area contributed by atoms with Crippen LogP contribution in [0.25, 0.3) is 0 Å². The summed E-state index contributed by atoms with van der Waals surface area (Å²) in [5, 5.41) is 2.57. The molecule has 98 valence electrons. The van der Waals surface area contributed by atoms with E-state index in [1.165, 1.54) is 36.4 Å². The minimum absolute atomic E-state index is 0.0451. The Bertz CT molecular complexity index is 641. The van der Waals surface area contributed by atoms with Gasteiger partial charge in [-0.15, -0.1) is 0 Å². The van der Waals surface area contributed by atoms with Crippen molar-refractivity contribution in [3.63, 3.8) is 0 Å². The Labute approximate surface area is 109 Å². The lowest BCUT2D eigenvalue weighted by molar-refractivity contribution is 0.102. The van der Waals surface area contributed by atoms with Gasteiger partial charge in [0.05, 0.1) is 11.3 Å². The Kier molecular flexibility index (Phi) is 3.46. The van der Waals surface area contributed by atoms with Crippen LogP contribution in [0.3, 0.4) is 0 Å². The van der Waals surface area contributed by atoms with Crippen LogP contribution < -0.4 is 11.1 Å². The molecule has 0 spiro atoms. The second-order valence-corrected chi connectivity index (χ2v) is 4.11. The molecule has 0 atom stereocenters. The van der Waals surface area contributed by atoms with Crippen LogP contribution in [-0.2, 0) is 0 Å². The molecule has 0 radical (unpaired) electrons. The lowest BCUT2D eigenvalue weighted by atomic mass is 10.1. The molecule has 0 bridgehead atoms. The van der Waals surface area contributed by atoms with Crippen LogP contribution >= 0.6 is 0 Å². The number of nitrogens with two attached hydrogens (primary N) is 1. The van der Waals surface area contributed by atoms with Crippen molar-refractivity contribution in [1.82, 2.24) is 0 Å². The van der Waals surface area contributed by atoms with Gasteiger partial charge in [0.15, 0.2) is 0 Å². The number of amides is 1. The van der Waals surface area contributed by atoms with Crippen molar-refractivity contribution in [2.75, 3.05) is 11.1 Å². The van der Waals surface area contributed by atoms with Gasteiger partial charge in [-0.3, -0.25) is 4.79 Å². The average molecular weight is 262 g/mol. The van der Waals surface area contributed by atoms with E-state index in [0.29, 0.717) is 11.3 Å². The highest BCUT2D eigenvalue weighted by atomic mass is 19.1. The molecule has 5 heteroatoms. The highest BCUT2D eigenvalue weighted by Crippen LogP contribution is 2.20. The summed E-state index contributed by atoms with van der Waals surface area (Å²) in [5.41, 5.74) is 6.37. The normalized spacial score (nSPS) is 10.3. The van der Waals surface area contributed by atoms with E-state index in [4.69, 9.17) is 5.73 Å². The van der Waals surface area contributed by atoms with E-state index in [-0.39, 0.29) is 17.1 Å². The molecule has 1 amide bonds. The van der Waals surface area contributed by atoms with Crippen molar-refractivity contribution in [3.05, 3.63) is 59.2 Å². The highest BCUT2D eigenvalue weighted by molar-refractivity contribution is 6.08. The number of hydrogen-bond acceptors (Lipinski definition) is 2. The molecule has 0 aliphatic rings. The second kappa shape index (κ2) is 5.06. The molecule has 3 N–H and O–H groups in total. The summed E-state index contributed by atoms with van der Waals surface area (Å²) in [7, 11) is 0. The third kappa shape index (κ3) is 2.70. The van der Waals surface area contributed by atoms with E-state index in [0.717, 1.165) is 0 Å². The van der Waals surface area contributed by atoms with Crippen molar-refractivity contribution in [2.45, 2.75) is 6.92 Å². The highest BCUT2D eigenvalue weighted by Gasteiger charge is 2.13. The summed E-state index contributed by atoms with van der Waals surface area (Å²) in [6.45, 7) is 1.66. The zero-order valence-corrected chi connectivity index (χ0v) is 10.2. The number of nitrogens with one attached hydrogen (secondary N) is 1. The van der Waals surface area contributed by atoms with Gasteiger partial charge >= 0.3 is 0 Å². The summed E-state index contributed by atoms with van der Waals surface area (Å²) in [6.07, 6.45) is 0. The maximum Gasteiger partial charge on any atom is 0.257 e. The molecule has 0 fully saturated rings. The third-order valence-electron chi connectivity index (χ3n) is 2.73. The lowest BCUT2D eigenvalue weighted by Gasteiger charge is -2.10. The molecular weight excluding hydrogens is 250 g/mol. The van der Waals surface area contributed by atoms with Gasteiger partial charge in [0.25, 0.3) is 5.91 Å². The van der Waals surface area contributed by atoms with Crippen molar-refractivity contribution in [3.8, 4) is 0 Å². The summed E-state index contributed by atoms with van der Waals surface area (Å²) >= 11 is 0. The molecule has 0 unspecified atom stereocenters. The number of carbonyl (C=O) groups excluding carboxylic acids is 1. The lowest BCUT2D eigenvalue weighted by Crippen LogP contribution is -2.15. The predicted molar refractivity (Wildman–Crippen MR) is 69.9 cm³/mol. The average Bonchev–Trinajstić information content (AvgIpc) is 2.36. The monoisotopic (exact) mass is 262 g/mol. The van der Waals surface area contributed by atoms with E-state index < -0.39 is 11.7 Å². The van der Waals surface area contributed by atoms with Crippen LogP contribution in [0.1, 0.15) is 15.9 Å². The fraction of sp³-hybridized carbons (Fsp3) is 0.0714. The third-order valence-corrected chi connectivity index (χ3v) is 2.73. The maximum absolute atomic E-state index is 13.3. The fourth-order valence-corrected chi connectivity index (χ4v) is 1.69. The number of aryl methyl sites for hydroxylation is 1. The van der Waals surface area contributed by atoms with E-state index in [2.05, 4.69) is 5.32 Å². The Morgan fingerprint density at radius 1 is 1.21 bits per heavy atom. The number of carbonyl (C=O) groups is 1. The molecule has 0 saturated heterocycles. The van der Waals surface area contributed by atoms with Gasteiger partial charge in [-0.2, -0.15) is 0 Å². The van der Waals surface area contributed by atoms with Crippen LogP contribution in [0.4, 0.5) is 20.2 Å². The van der Waals surface area contributed by atoms with Gasteiger partial charge < -0.3 is 11.1 Å². The zero-order chi connectivity index (χ0) is 14.0. The van der Waals surface area contributed by atoms with Crippen LogP contribution in [-0.4, -0.2) is 5.91 Å². The second-order valence-electron chi connectivity index (χ2n) is 4.11. The summed E-state index contributed by atoms with van der Waals surface area (Å²) in [4.78, 5) is 12.0. The number of halogens is 2. The first kappa shape index (κ1) is 13.0. The molecule has 0 aliphatic carbocycles. The van der Waals surface area contributed by atoms with Crippen LogP contribution in [0, 0.1) is 18.6 Å². The topological polar surface area (TPSA) is 55.1 Å². The van der Waals surface area contributed by atoms with Gasteiger partial charge in [0, 0.05) is 5.69 Å². The van der Waals surface area contributed by atoms with Gasteiger partial charge in [-0.1, -0.05) is 6.07 Å². The smallest absolute Gasteiger partial charge is 0.257 e. The SMILES string of the molecule is Cc1cc(F)ccc1NC(=O)c1cccc(F)c1N. The molecule has 2 rings (SSSR count). The largest absolute Gasteiger partial charge is 0.396 e. The first-order chi connectivity index (χ1) is 8.99.